The van der Waals surface area contributed by atoms with Crippen molar-refractivity contribution in [1.29, 1.82) is 0 Å². The van der Waals surface area contributed by atoms with Gasteiger partial charge in [-0.3, -0.25) is 10.1 Å². The number of ether oxygens (including phenoxy) is 1. The van der Waals surface area contributed by atoms with E-state index in [4.69, 9.17) is 10.6 Å². The van der Waals surface area contributed by atoms with Gasteiger partial charge in [0.05, 0.1) is 16.6 Å². The van der Waals surface area contributed by atoms with Crippen molar-refractivity contribution in [3.8, 4) is 11.6 Å². The van der Waals surface area contributed by atoms with E-state index in [1.54, 1.807) is 19.9 Å². The molecule has 0 bridgehead atoms. The number of nitro benzene ring substituents is 1. The Labute approximate surface area is 121 Å². The van der Waals surface area contributed by atoms with Gasteiger partial charge in [0.2, 0.25) is 5.88 Å². The lowest BCUT2D eigenvalue weighted by Crippen LogP contribution is -2.11. The van der Waals surface area contributed by atoms with Crippen molar-refractivity contribution >= 4 is 11.5 Å². The molecule has 1 aromatic carbocycles. The summed E-state index contributed by atoms with van der Waals surface area (Å²) in [5, 5.41) is 11.0. The second-order valence-electron chi connectivity index (χ2n) is 4.56. The smallest absolute Gasteiger partial charge is 0.276 e. The van der Waals surface area contributed by atoms with Gasteiger partial charge in [0, 0.05) is 5.56 Å². The zero-order valence-electron chi connectivity index (χ0n) is 11.9. The van der Waals surface area contributed by atoms with Gasteiger partial charge in [0.1, 0.15) is 17.9 Å². The summed E-state index contributed by atoms with van der Waals surface area (Å²) in [5.74, 6) is 6.43. The summed E-state index contributed by atoms with van der Waals surface area (Å²) >= 11 is 0. The van der Waals surface area contributed by atoms with Crippen LogP contribution in [0.5, 0.6) is 11.6 Å². The number of nitrogens with one attached hydrogen (secondary N) is 1. The second-order valence-corrected chi connectivity index (χ2v) is 4.56. The van der Waals surface area contributed by atoms with E-state index < -0.39 is 4.92 Å². The molecular formula is C13H15N5O3. The van der Waals surface area contributed by atoms with Gasteiger partial charge in [0.15, 0.2) is 0 Å². The third-order valence-electron chi connectivity index (χ3n) is 3.07. The third-order valence-corrected chi connectivity index (χ3v) is 3.07. The Balaban J connectivity index is 2.45. The van der Waals surface area contributed by atoms with Crippen molar-refractivity contribution in [2.75, 3.05) is 5.43 Å². The summed E-state index contributed by atoms with van der Waals surface area (Å²) < 4.78 is 5.68. The van der Waals surface area contributed by atoms with Crippen molar-refractivity contribution in [3.05, 3.63) is 45.3 Å². The molecule has 1 aromatic heterocycles. The van der Waals surface area contributed by atoms with Gasteiger partial charge >= 0.3 is 0 Å². The molecule has 0 atom stereocenters. The fourth-order valence-electron chi connectivity index (χ4n) is 1.91. The summed E-state index contributed by atoms with van der Waals surface area (Å²) in [5.41, 5.74) is 4.40. The number of aryl methyl sites for hydroxylation is 2. The lowest BCUT2D eigenvalue weighted by Gasteiger charge is -2.12. The molecular weight excluding hydrogens is 274 g/mol. The van der Waals surface area contributed by atoms with Crippen LogP contribution in [0.1, 0.15) is 16.7 Å². The maximum absolute atomic E-state index is 11.0. The fourth-order valence-corrected chi connectivity index (χ4v) is 1.91. The Kier molecular flexibility index (Phi) is 3.99. The van der Waals surface area contributed by atoms with Gasteiger partial charge in [0.25, 0.3) is 5.69 Å². The Morgan fingerprint density at radius 1 is 1.24 bits per heavy atom. The van der Waals surface area contributed by atoms with Crippen LogP contribution in [0, 0.1) is 30.9 Å². The first kappa shape index (κ1) is 14.7. The molecule has 0 amide bonds. The summed E-state index contributed by atoms with van der Waals surface area (Å²) in [6.07, 6.45) is 1.30. The minimum atomic E-state index is -0.443. The number of rotatable bonds is 4. The normalized spacial score (nSPS) is 10.3. The first-order valence-electron chi connectivity index (χ1n) is 6.15. The zero-order valence-corrected chi connectivity index (χ0v) is 11.9. The minimum Gasteiger partial charge on any atom is -0.438 e. The van der Waals surface area contributed by atoms with Crippen LogP contribution in [0.2, 0.25) is 0 Å². The van der Waals surface area contributed by atoms with Crippen LogP contribution >= 0.6 is 0 Å². The largest absolute Gasteiger partial charge is 0.438 e. The number of hydrogen-bond acceptors (Lipinski definition) is 7. The lowest BCUT2D eigenvalue weighted by atomic mass is 10.1. The molecule has 0 aliphatic carbocycles. The van der Waals surface area contributed by atoms with Crippen LogP contribution in [0.25, 0.3) is 0 Å². The molecule has 21 heavy (non-hydrogen) atoms. The predicted molar refractivity (Wildman–Crippen MR) is 77.2 cm³/mol. The quantitative estimate of drug-likeness (QED) is 0.504. The summed E-state index contributed by atoms with van der Waals surface area (Å²) in [6.45, 7) is 5.23. The number of benzene rings is 1. The van der Waals surface area contributed by atoms with Crippen LogP contribution < -0.4 is 16.0 Å². The van der Waals surface area contributed by atoms with Gasteiger partial charge < -0.3 is 10.2 Å². The van der Waals surface area contributed by atoms with Crippen molar-refractivity contribution in [2.45, 2.75) is 20.8 Å². The fraction of sp³-hybridized carbons (Fsp3) is 0.231. The standard InChI is InChI=1S/C13H15N5O3/c1-7-4-8(2)11(5-10(7)18(19)20)21-13-9(3)12(17-14)15-6-16-13/h4-6H,14H2,1-3H3,(H,15,16,17). The van der Waals surface area contributed by atoms with Crippen molar-refractivity contribution < 1.29 is 9.66 Å². The molecule has 8 heteroatoms. The summed E-state index contributed by atoms with van der Waals surface area (Å²) in [6, 6.07) is 3.09. The highest BCUT2D eigenvalue weighted by Crippen LogP contribution is 2.32. The molecule has 0 aliphatic rings. The molecule has 3 N–H and O–H groups in total. The van der Waals surface area contributed by atoms with Crippen LogP contribution in [0.15, 0.2) is 18.5 Å². The molecule has 8 nitrogen and oxygen atoms in total. The van der Waals surface area contributed by atoms with Gasteiger partial charge in [-0.05, 0) is 32.4 Å². The molecule has 110 valence electrons. The van der Waals surface area contributed by atoms with Gasteiger partial charge in [-0.1, -0.05) is 0 Å². The average molecular weight is 289 g/mol. The minimum absolute atomic E-state index is 0.000479. The molecule has 2 rings (SSSR count). The zero-order chi connectivity index (χ0) is 15.6. The second kappa shape index (κ2) is 5.71. The molecule has 0 radical (unpaired) electrons. The average Bonchev–Trinajstić information content (AvgIpc) is 2.43. The number of nitro groups is 1. The van der Waals surface area contributed by atoms with E-state index in [2.05, 4.69) is 15.4 Å². The van der Waals surface area contributed by atoms with E-state index >= 15 is 0 Å². The molecule has 1 heterocycles. The number of anilines is 1. The van der Waals surface area contributed by atoms with Crippen LogP contribution in [0.3, 0.4) is 0 Å². The highest BCUT2D eigenvalue weighted by atomic mass is 16.6. The molecule has 0 unspecified atom stereocenters. The van der Waals surface area contributed by atoms with Crippen molar-refractivity contribution in [2.24, 2.45) is 5.84 Å². The van der Waals surface area contributed by atoms with Gasteiger partial charge in [-0.25, -0.2) is 15.8 Å². The summed E-state index contributed by atoms with van der Waals surface area (Å²) in [7, 11) is 0. The molecule has 0 saturated carbocycles. The molecule has 0 aliphatic heterocycles. The number of nitrogens with zero attached hydrogens (tertiary/aromatic N) is 3. The van der Waals surface area contributed by atoms with Crippen molar-refractivity contribution in [3.63, 3.8) is 0 Å². The Bertz CT molecular complexity index is 702. The van der Waals surface area contributed by atoms with Crippen molar-refractivity contribution in [1.82, 2.24) is 9.97 Å². The maximum Gasteiger partial charge on any atom is 0.276 e. The topological polar surface area (TPSA) is 116 Å². The Morgan fingerprint density at radius 2 is 1.95 bits per heavy atom. The summed E-state index contributed by atoms with van der Waals surface area (Å²) in [4.78, 5) is 18.5. The number of hydrogen-bond donors (Lipinski definition) is 2. The number of hydrazine groups is 1. The first-order chi connectivity index (χ1) is 9.93. The monoisotopic (exact) mass is 289 g/mol. The molecule has 0 fully saturated rings. The molecule has 0 spiro atoms. The Hall–Kier alpha value is -2.74. The highest BCUT2D eigenvalue weighted by Gasteiger charge is 2.16. The number of aromatic nitrogens is 2. The van der Waals surface area contributed by atoms with Crippen LogP contribution in [-0.2, 0) is 0 Å². The van der Waals surface area contributed by atoms with E-state index in [9.17, 15) is 10.1 Å². The van der Waals surface area contributed by atoms with Gasteiger partial charge in [-0.15, -0.1) is 0 Å². The lowest BCUT2D eigenvalue weighted by molar-refractivity contribution is -0.385. The highest BCUT2D eigenvalue weighted by molar-refractivity contribution is 5.52. The Morgan fingerprint density at radius 3 is 2.57 bits per heavy atom. The SMILES string of the molecule is Cc1cc(C)c([N+](=O)[O-])cc1Oc1ncnc(NN)c1C. The third kappa shape index (κ3) is 2.90. The number of nitrogen functional groups attached to an aromatic ring is 1. The van der Waals surface area contributed by atoms with Gasteiger partial charge in [-0.2, -0.15) is 0 Å². The van der Waals surface area contributed by atoms with Crippen LogP contribution in [-0.4, -0.2) is 14.9 Å². The van der Waals surface area contributed by atoms with E-state index in [0.717, 1.165) is 5.56 Å². The van der Waals surface area contributed by atoms with Crippen LogP contribution in [0.4, 0.5) is 11.5 Å². The van der Waals surface area contributed by atoms with E-state index in [1.807, 2.05) is 6.92 Å². The number of nitrogens with two attached hydrogens (primary N) is 1. The first-order valence-corrected chi connectivity index (χ1v) is 6.15. The maximum atomic E-state index is 11.0. The molecule has 0 saturated heterocycles. The predicted octanol–water partition coefficient (Wildman–Crippen LogP) is 2.39. The molecule has 2 aromatic rings. The van der Waals surface area contributed by atoms with E-state index in [1.165, 1.54) is 12.4 Å². The van der Waals surface area contributed by atoms with E-state index in [0.29, 0.717) is 28.6 Å². The van der Waals surface area contributed by atoms with E-state index in [-0.39, 0.29) is 5.69 Å².